The van der Waals surface area contributed by atoms with Crippen LogP contribution < -0.4 is 9.26 Å². The summed E-state index contributed by atoms with van der Waals surface area (Å²) >= 11 is 0. The lowest BCUT2D eigenvalue weighted by molar-refractivity contribution is 0.306. The lowest BCUT2D eigenvalue weighted by atomic mass is 10.2. The molecule has 23 heavy (non-hydrogen) atoms. The van der Waals surface area contributed by atoms with Gasteiger partial charge in [-0.2, -0.15) is 0 Å². The number of nitrogens with zero attached hydrogens (tertiary/aromatic N) is 2. The molecule has 2 heterocycles. The quantitative estimate of drug-likeness (QED) is 0.575. The average Bonchev–Trinajstić information content (AvgIpc) is 3.47. The normalized spacial score (nSPS) is 17.7. The SMILES string of the molecule is O=P(Oc1ccc(OCc2ccccc2)cc1)(N1CC1)N1CC1. The van der Waals surface area contributed by atoms with Gasteiger partial charge in [-0.05, 0) is 29.8 Å². The van der Waals surface area contributed by atoms with Crippen LogP contribution >= 0.6 is 7.67 Å². The highest BCUT2D eigenvalue weighted by Gasteiger charge is 2.50. The molecule has 0 N–H and O–H groups in total. The smallest absolute Gasteiger partial charge is 0.395 e. The third-order valence-corrected chi connectivity index (χ3v) is 6.54. The van der Waals surface area contributed by atoms with Crippen molar-refractivity contribution in [1.82, 2.24) is 9.34 Å². The maximum absolute atomic E-state index is 12.9. The molecular weight excluding hydrogens is 311 g/mol. The third-order valence-electron chi connectivity index (χ3n) is 3.86. The predicted octanol–water partition coefficient (Wildman–Crippen LogP) is 3.38. The Morgan fingerprint density at radius 2 is 1.39 bits per heavy atom. The molecular formula is C17H19N2O3P. The molecule has 0 bridgehead atoms. The molecule has 2 aromatic rings. The van der Waals surface area contributed by atoms with Crippen molar-refractivity contribution in [2.24, 2.45) is 0 Å². The van der Waals surface area contributed by atoms with Crippen molar-refractivity contribution in [3.8, 4) is 11.5 Å². The van der Waals surface area contributed by atoms with Crippen LogP contribution in [0.4, 0.5) is 0 Å². The second-order valence-corrected chi connectivity index (χ2v) is 8.03. The number of hydrogen-bond donors (Lipinski definition) is 0. The van der Waals surface area contributed by atoms with Crippen molar-refractivity contribution < 1.29 is 13.8 Å². The fourth-order valence-corrected chi connectivity index (χ4v) is 4.54. The third kappa shape index (κ3) is 3.42. The molecule has 2 fully saturated rings. The van der Waals surface area contributed by atoms with Gasteiger partial charge in [0.1, 0.15) is 18.1 Å². The maximum Gasteiger partial charge on any atom is 0.395 e. The number of ether oxygens (including phenoxy) is 1. The Labute approximate surface area is 136 Å². The summed E-state index contributed by atoms with van der Waals surface area (Å²) in [5.41, 5.74) is 1.13. The monoisotopic (exact) mass is 330 g/mol. The van der Waals surface area contributed by atoms with Crippen LogP contribution in [-0.2, 0) is 11.2 Å². The number of rotatable bonds is 7. The van der Waals surface area contributed by atoms with Gasteiger partial charge in [-0.15, -0.1) is 0 Å². The first-order valence-electron chi connectivity index (χ1n) is 7.81. The largest absolute Gasteiger partial charge is 0.489 e. The minimum atomic E-state index is -2.82. The Morgan fingerprint density at radius 3 is 1.96 bits per heavy atom. The van der Waals surface area contributed by atoms with Crippen molar-refractivity contribution in [3.05, 3.63) is 60.2 Å². The summed E-state index contributed by atoms with van der Waals surface area (Å²) in [5.74, 6) is 1.40. The van der Waals surface area contributed by atoms with Crippen LogP contribution in [-0.4, -0.2) is 35.5 Å². The highest BCUT2D eigenvalue weighted by atomic mass is 31.2. The molecule has 0 saturated carbocycles. The Bertz CT molecular complexity index is 696. The molecule has 0 spiro atoms. The van der Waals surface area contributed by atoms with Crippen LogP contribution in [0.2, 0.25) is 0 Å². The first kappa shape index (κ1) is 14.8. The lowest BCUT2D eigenvalue weighted by Gasteiger charge is -2.20. The van der Waals surface area contributed by atoms with E-state index in [1.807, 2.05) is 63.9 Å². The van der Waals surface area contributed by atoms with E-state index < -0.39 is 7.67 Å². The molecule has 120 valence electrons. The van der Waals surface area contributed by atoms with E-state index in [1.54, 1.807) is 0 Å². The molecule has 4 rings (SSSR count). The molecule has 2 aliphatic heterocycles. The minimum Gasteiger partial charge on any atom is -0.489 e. The highest BCUT2D eigenvalue weighted by molar-refractivity contribution is 7.55. The van der Waals surface area contributed by atoms with Crippen LogP contribution in [0.25, 0.3) is 0 Å². The highest BCUT2D eigenvalue weighted by Crippen LogP contribution is 2.60. The van der Waals surface area contributed by atoms with Crippen LogP contribution in [0.1, 0.15) is 5.56 Å². The van der Waals surface area contributed by atoms with Gasteiger partial charge < -0.3 is 9.26 Å². The molecule has 0 aromatic heterocycles. The van der Waals surface area contributed by atoms with Crippen molar-refractivity contribution in [2.45, 2.75) is 6.61 Å². The van der Waals surface area contributed by atoms with E-state index in [0.717, 1.165) is 37.5 Å². The maximum atomic E-state index is 12.9. The summed E-state index contributed by atoms with van der Waals surface area (Å²) < 4.78 is 28.3. The van der Waals surface area contributed by atoms with E-state index in [2.05, 4.69) is 0 Å². The second kappa shape index (κ2) is 6.00. The molecule has 2 aliphatic rings. The summed E-state index contributed by atoms with van der Waals surface area (Å²) in [6.07, 6.45) is 0. The van der Waals surface area contributed by atoms with Gasteiger partial charge in [0.25, 0.3) is 0 Å². The Kier molecular flexibility index (Phi) is 3.85. The van der Waals surface area contributed by atoms with Crippen LogP contribution in [0.15, 0.2) is 54.6 Å². The van der Waals surface area contributed by atoms with Crippen LogP contribution in [0, 0.1) is 0 Å². The van der Waals surface area contributed by atoms with Gasteiger partial charge in [0.05, 0.1) is 0 Å². The molecule has 5 nitrogen and oxygen atoms in total. The van der Waals surface area contributed by atoms with E-state index in [9.17, 15) is 4.57 Å². The van der Waals surface area contributed by atoms with Crippen LogP contribution in [0.5, 0.6) is 11.5 Å². The van der Waals surface area contributed by atoms with E-state index in [-0.39, 0.29) is 0 Å². The zero-order chi connectivity index (χ0) is 15.7. The molecule has 2 aromatic carbocycles. The van der Waals surface area contributed by atoms with Gasteiger partial charge in [-0.25, -0.2) is 13.9 Å². The van der Waals surface area contributed by atoms with E-state index >= 15 is 0 Å². The van der Waals surface area contributed by atoms with Gasteiger partial charge in [0.2, 0.25) is 0 Å². The van der Waals surface area contributed by atoms with E-state index in [4.69, 9.17) is 9.26 Å². The van der Waals surface area contributed by atoms with Crippen molar-refractivity contribution in [2.75, 3.05) is 26.2 Å². The molecule has 2 saturated heterocycles. The Balaban J connectivity index is 1.39. The van der Waals surface area contributed by atoms with Gasteiger partial charge in [0, 0.05) is 26.2 Å². The fraction of sp³-hybridized carbons (Fsp3) is 0.294. The number of hydrogen-bond acceptors (Lipinski definition) is 3. The summed E-state index contributed by atoms with van der Waals surface area (Å²) in [5, 5.41) is 0. The van der Waals surface area contributed by atoms with Crippen LogP contribution in [0.3, 0.4) is 0 Å². The first-order chi connectivity index (χ1) is 11.2. The molecule has 0 aliphatic carbocycles. The number of benzene rings is 2. The molecule has 0 unspecified atom stereocenters. The Hall–Kier alpha value is -1.81. The van der Waals surface area contributed by atoms with Crippen molar-refractivity contribution in [1.29, 1.82) is 0 Å². The summed E-state index contributed by atoms with van der Waals surface area (Å²) in [6.45, 7) is 3.94. The first-order valence-corrected chi connectivity index (χ1v) is 9.34. The minimum absolute atomic E-state index is 0.529. The van der Waals surface area contributed by atoms with Crippen molar-refractivity contribution in [3.63, 3.8) is 0 Å². The van der Waals surface area contributed by atoms with Gasteiger partial charge in [-0.1, -0.05) is 30.3 Å². The molecule has 6 heteroatoms. The molecule has 0 atom stereocenters. The zero-order valence-electron chi connectivity index (χ0n) is 12.8. The summed E-state index contributed by atoms with van der Waals surface area (Å²) in [7, 11) is -2.82. The van der Waals surface area contributed by atoms with E-state index in [1.165, 1.54) is 0 Å². The van der Waals surface area contributed by atoms with Gasteiger partial charge in [0.15, 0.2) is 0 Å². The van der Waals surface area contributed by atoms with Gasteiger partial charge >= 0.3 is 7.67 Å². The van der Waals surface area contributed by atoms with E-state index in [0.29, 0.717) is 12.4 Å². The molecule has 0 radical (unpaired) electrons. The second-order valence-electron chi connectivity index (χ2n) is 5.73. The van der Waals surface area contributed by atoms with Crippen molar-refractivity contribution >= 4 is 7.67 Å². The predicted molar refractivity (Wildman–Crippen MR) is 88.6 cm³/mol. The Morgan fingerprint density at radius 1 is 0.826 bits per heavy atom. The van der Waals surface area contributed by atoms with Gasteiger partial charge in [-0.3, -0.25) is 0 Å². The standard InChI is InChI=1S/C17H19N2O3P/c20-23(18-10-11-18,19-12-13-19)22-17-8-6-16(7-9-17)21-14-15-4-2-1-3-5-15/h1-9H,10-14H2. The molecule has 0 amide bonds. The topological polar surface area (TPSA) is 41.5 Å². The fourth-order valence-electron chi connectivity index (χ4n) is 2.36. The average molecular weight is 330 g/mol. The summed E-state index contributed by atoms with van der Waals surface area (Å²) in [6, 6.07) is 17.4. The summed E-state index contributed by atoms with van der Waals surface area (Å²) in [4.78, 5) is 0. The lowest BCUT2D eigenvalue weighted by Crippen LogP contribution is -2.10. The zero-order valence-corrected chi connectivity index (χ0v) is 13.7.